The van der Waals surface area contributed by atoms with E-state index in [1.54, 1.807) is 0 Å². The lowest BCUT2D eigenvalue weighted by atomic mass is 10.1. The number of allylic oxidation sites excluding steroid dienone is 2. The van der Waals surface area contributed by atoms with Gasteiger partial charge in [0.2, 0.25) is 0 Å². The SMILES string of the molecule is COC(=O)c1sc(N)c(C(=O)OC)c1COC(=O)C[C@@H]1C=CCC1. The monoisotopic (exact) mass is 353 g/mol. The molecule has 8 heteroatoms. The Balaban J connectivity index is 2.16. The number of methoxy groups -OCH3 is 2. The van der Waals surface area contributed by atoms with E-state index in [1.165, 1.54) is 14.2 Å². The van der Waals surface area contributed by atoms with Crippen LogP contribution in [0.1, 0.15) is 44.9 Å². The molecule has 0 saturated carbocycles. The van der Waals surface area contributed by atoms with Crippen LogP contribution >= 0.6 is 11.3 Å². The van der Waals surface area contributed by atoms with Crippen molar-refractivity contribution >= 4 is 34.2 Å². The van der Waals surface area contributed by atoms with Gasteiger partial charge in [-0.3, -0.25) is 4.79 Å². The summed E-state index contributed by atoms with van der Waals surface area (Å²) in [6.45, 7) is -0.238. The van der Waals surface area contributed by atoms with E-state index in [-0.39, 0.29) is 40.0 Å². The van der Waals surface area contributed by atoms with Gasteiger partial charge in [-0.25, -0.2) is 9.59 Å². The standard InChI is InChI=1S/C16H19NO6S/c1-21-15(19)12-10(13(16(20)22-2)24-14(12)17)8-23-11(18)7-9-5-3-4-6-9/h3,5,9H,4,6-8,17H2,1-2H3/t9-/m1/s1. The Bertz CT molecular complexity index is 678. The van der Waals surface area contributed by atoms with E-state index in [1.807, 2.05) is 12.2 Å². The molecule has 0 aromatic carbocycles. The Morgan fingerprint density at radius 2 is 1.96 bits per heavy atom. The second-order valence-electron chi connectivity index (χ2n) is 5.26. The molecule has 0 fully saturated rings. The van der Waals surface area contributed by atoms with Gasteiger partial charge in [0.25, 0.3) is 0 Å². The average Bonchev–Trinajstić information content (AvgIpc) is 3.19. The van der Waals surface area contributed by atoms with E-state index >= 15 is 0 Å². The Morgan fingerprint density at radius 3 is 2.54 bits per heavy atom. The third kappa shape index (κ3) is 3.94. The molecule has 0 amide bonds. The van der Waals surface area contributed by atoms with Crippen LogP contribution in [0.15, 0.2) is 12.2 Å². The van der Waals surface area contributed by atoms with Gasteiger partial charge < -0.3 is 19.9 Å². The molecule has 1 aliphatic rings. The third-order valence-electron chi connectivity index (χ3n) is 3.71. The number of carbonyl (C=O) groups excluding carboxylic acids is 3. The van der Waals surface area contributed by atoms with Crippen LogP contribution in [0, 0.1) is 5.92 Å². The second-order valence-corrected chi connectivity index (χ2v) is 6.31. The number of ether oxygens (including phenoxy) is 3. The van der Waals surface area contributed by atoms with Crippen LogP contribution < -0.4 is 5.73 Å². The van der Waals surface area contributed by atoms with E-state index in [4.69, 9.17) is 10.5 Å². The summed E-state index contributed by atoms with van der Waals surface area (Å²) in [7, 11) is 2.43. The minimum atomic E-state index is -0.691. The van der Waals surface area contributed by atoms with Crippen molar-refractivity contribution in [2.75, 3.05) is 20.0 Å². The maximum Gasteiger partial charge on any atom is 0.348 e. The van der Waals surface area contributed by atoms with Crippen LogP contribution in [0.2, 0.25) is 0 Å². The molecule has 7 nitrogen and oxygen atoms in total. The largest absolute Gasteiger partial charge is 0.465 e. The predicted octanol–water partition coefficient (Wildman–Crippen LogP) is 2.30. The van der Waals surface area contributed by atoms with Crippen molar-refractivity contribution in [1.82, 2.24) is 0 Å². The van der Waals surface area contributed by atoms with E-state index < -0.39 is 17.9 Å². The fourth-order valence-electron chi connectivity index (χ4n) is 2.50. The Labute approximate surface area is 143 Å². The molecule has 0 radical (unpaired) electrons. The summed E-state index contributed by atoms with van der Waals surface area (Å²) >= 11 is 0.902. The normalized spacial score (nSPS) is 16.0. The number of hydrogen-bond acceptors (Lipinski definition) is 8. The maximum absolute atomic E-state index is 12.0. The van der Waals surface area contributed by atoms with Crippen LogP contribution in [-0.4, -0.2) is 32.1 Å². The van der Waals surface area contributed by atoms with E-state index in [2.05, 4.69) is 9.47 Å². The van der Waals surface area contributed by atoms with Crippen molar-refractivity contribution in [3.63, 3.8) is 0 Å². The van der Waals surface area contributed by atoms with Crippen LogP contribution in [0.4, 0.5) is 5.00 Å². The molecule has 1 aliphatic carbocycles. The first kappa shape index (κ1) is 18.0. The van der Waals surface area contributed by atoms with Crippen molar-refractivity contribution < 1.29 is 28.6 Å². The Hall–Kier alpha value is -2.35. The first-order chi connectivity index (χ1) is 11.5. The van der Waals surface area contributed by atoms with E-state index in [0.29, 0.717) is 0 Å². The second kappa shape index (κ2) is 7.96. The molecule has 1 atom stereocenters. The molecule has 2 N–H and O–H groups in total. The number of anilines is 1. The predicted molar refractivity (Wildman–Crippen MR) is 87.7 cm³/mol. The quantitative estimate of drug-likeness (QED) is 0.475. The lowest BCUT2D eigenvalue weighted by Crippen LogP contribution is -2.14. The smallest absolute Gasteiger partial charge is 0.348 e. The fraction of sp³-hybridized carbons (Fsp3) is 0.438. The molecule has 2 rings (SSSR count). The highest BCUT2D eigenvalue weighted by Crippen LogP contribution is 2.33. The van der Waals surface area contributed by atoms with Crippen molar-refractivity contribution in [3.05, 3.63) is 28.2 Å². The average molecular weight is 353 g/mol. The zero-order valence-corrected chi connectivity index (χ0v) is 14.3. The van der Waals surface area contributed by atoms with Gasteiger partial charge in [-0.2, -0.15) is 0 Å². The summed E-state index contributed by atoms with van der Waals surface area (Å²) in [5.41, 5.74) is 6.06. The van der Waals surface area contributed by atoms with Gasteiger partial charge in [0, 0.05) is 5.56 Å². The minimum absolute atomic E-state index is 0.0384. The fourth-order valence-corrected chi connectivity index (χ4v) is 3.48. The highest BCUT2D eigenvalue weighted by molar-refractivity contribution is 7.18. The van der Waals surface area contributed by atoms with Gasteiger partial charge in [-0.15, -0.1) is 11.3 Å². The Morgan fingerprint density at radius 1 is 1.25 bits per heavy atom. The summed E-state index contributed by atoms with van der Waals surface area (Å²) in [6.07, 6.45) is 6.16. The molecule has 1 aromatic heterocycles. The van der Waals surface area contributed by atoms with Gasteiger partial charge in [0.15, 0.2) is 0 Å². The molecular formula is C16H19NO6S. The number of nitrogen functional groups attached to an aromatic ring is 1. The lowest BCUT2D eigenvalue weighted by molar-refractivity contribution is -0.145. The molecule has 1 aromatic rings. The summed E-state index contributed by atoms with van der Waals surface area (Å²) in [5.74, 6) is -1.57. The van der Waals surface area contributed by atoms with E-state index in [0.717, 1.165) is 24.2 Å². The van der Waals surface area contributed by atoms with Gasteiger partial charge in [-0.1, -0.05) is 12.2 Å². The summed E-state index contributed by atoms with van der Waals surface area (Å²) < 4.78 is 14.6. The zero-order valence-electron chi connectivity index (χ0n) is 13.5. The van der Waals surface area contributed by atoms with Crippen molar-refractivity contribution in [2.45, 2.75) is 25.9 Å². The molecule has 0 aliphatic heterocycles. The van der Waals surface area contributed by atoms with Crippen LogP contribution in [-0.2, 0) is 25.6 Å². The molecule has 0 saturated heterocycles. The first-order valence-corrected chi connectivity index (χ1v) is 8.19. The number of nitrogens with two attached hydrogens (primary N) is 1. The van der Waals surface area contributed by atoms with Gasteiger partial charge in [0.05, 0.1) is 20.6 Å². The lowest BCUT2D eigenvalue weighted by Gasteiger charge is -2.10. The van der Waals surface area contributed by atoms with Gasteiger partial charge in [0.1, 0.15) is 22.0 Å². The van der Waals surface area contributed by atoms with Crippen LogP contribution in [0.5, 0.6) is 0 Å². The zero-order chi connectivity index (χ0) is 17.7. The van der Waals surface area contributed by atoms with Crippen LogP contribution in [0.3, 0.4) is 0 Å². The van der Waals surface area contributed by atoms with Gasteiger partial charge >= 0.3 is 17.9 Å². The molecule has 24 heavy (non-hydrogen) atoms. The molecule has 0 bridgehead atoms. The van der Waals surface area contributed by atoms with Crippen molar-refractivity contribution in [3.8, 4) is 0 Å². The number of esters is 3. The molecule has 0 unspecified atom stereocenters. The molecule has 130 valence electrons. The van der Waals surface area contributed by atoms with Crippen molar-refractivity contribution in [1.29, 1.82) is 0 Å². The molecular weight excluding hydrogens is 334 g/mol. The number of carbonyl (C=O) groups is 3. The maximum atomic E-state index is 12.0. The summed E-state index contributed by atoms with van der Waals surface area (Å²) in [5, 5.41) is 0.118. The van der Waals surface area contributed by atoms with Gasteiger partial charge in [-0.05, 0) is 18.8 Å². The highest BCUT2D eigenvalue weighted by atomic mass is 32.1. The number of hydrogen-bond donors (Lipinski definition) is 1. The molecule has 0 spiro atoms. The summed E-state index contributed by atoms with van der Waals surface area (Å²) in [6, 6.07) is 0. The topological polar surface area (TPSA) is 105 Å². The first-order valence-electron chi connectivity index (χ1n) is 7.38. The summed E-state index contributed by atoms with van der Waals surface area (Å²) in [4.78, 5) is 35.9. The highest BCUT2D eigenvalue weighted by Gasteiger charge is 2.28. The van der Waals surface area contributed by atoms with Crippen LogP contribution in [0.25, 0.3) is 0 Å². The minimum Gasteiger partial charge on any atom is -0.465 e. The molecule has 1 heterocycles. The number of rotatable bonds is 6. The third-order valence-corrected chi connectivity index (χ3v) is 4.75. The van der Waals surface area contributed by atoms with E-state index in [9.17, 15) is 14.4 Å². The number of thiophene rings is 1. The Kier molecular flexibility index (Phi) is 5.97. The van der Waals surface area contributed by atoms with Crippen molar-refractivity contribution in [2.24, 2.45) is 5.92 Å².